The maximum Gasteiger partial charge on any atom is 0.231 e. The van der Waals surface area contributed by atoms with Gasteiger partial charge >= 0.3 is 0 Å². The van der Waals surface area contributed by atoms with E-state index in [-0.39, 0.29) is 23.7 Å². The van der Waals surface area contributed by atoms with Crippen LogP contribution in [0.5, 0.6) is 0 Å². The van der Waals surface area contributed by atoms with Crippen LogP contribution < -0.4 is 10.6 Å². The average molecular weight is 320 g/mol. The van der Waals surface area contributed by atoms with Gasteiger partial charge in [0.2, 0.25) is 11.8 Å². The summed E-state index contributed by atoms with van der Waals surface area (Å²) in [5.74, 6) is -0.376. The molecule has 2 unspecified atom stereocenters. The standard InChI is InChI=1S/C20H20N2O2/c23-19(15-8-3-1-4-9-15)21-17-12-7-13-18(14-17)22-20(24)16-10-5-2-6-11-16/h1-8,10,12-16H,9,11H2,(H,21,23)(H,22,24). The quantitative estimate of drug-likeness (QED) is 0.886. The van der Waals surface area contributed by atoms with Crippen molar-refractivity contribution in [2.24, 2.45) is 11.8 Å². The zero-order chi connectivity index (χ0) is 16.8. The number of allylic oxidation sites excluding steroid dienone is 6. The zero-order valence-corrected chi connectivity index (χ0v) is 13.3. The molecule has 0 bridgehead atoms. The maximum absolute atomic E-state index is 12.2. The van der Waals surface area contributed by atoms with Crippen molar-refractivity contribution >= 4 is 23.2 Å². The molecule has 24 heavy (non-hydrogen) atoms. The summed E-state index contributed by atoms with van der Waals surface area (Å²) in [6.07, 6.45) is 16.8. The van der Waals surface area contributed by atoms with Gasteiger partial charge in [0.25, 0.3) is 0 Å². The number of rotatable bonds is 4. The Hall–Kier alpha value is -2.88. The van der Waals surface area contributed by atoms with Crippen molar-refractivity contribution in [1.82, 2.24) is 0 Å². The molecular formula is C20H20N2O2. The van der Waals surface area contributed by atoms with Crippen molar-refractivity contribution in [1.29, 1.82) is 0 Å². The first-order chi connectivity index (χ1) is 11.7. The van der Waals surface area contributed by atoms with E-state index in [0.717, 1.165) is 0 Å². The third kappa shape index (κ3) is 4.10. The van der Waals surface area contributed by atoms with Crippen LogP contribution in [0, 0.1) is 11.8 Å². The van der Waals surface area contributed by atoms with Gasteiger partial charge in [-0.05, 0) is 31.0 Å². The Morgan fingerprint density at radius 3 is 1.71 bits per heavy atom. The molecule has 2 aliphatic rings. The number of carbonyl (C=O) groups is 2. The molecule has 4 nitrogen and oxygen atoms in total. The average Bonchev–Trinajstić information content (AvgIpc) is 2.63. The van der Waals surface area contributed by atoms with E-state index in [9.17, 15) is 9.59 Å². The number of anilines is 2. The molecule has 0 saturated heterocycles. The fraction of sp³-hybridized carbons (Fsp3) is 0.200. The highest BCUT2D eigenvalue weighted by Crippen LogP contribution is 2.20. The maximum atomic E-state index is 12.2. The first-order valence-electron chi connectivity index (χ1n) is 8.11. The highest BCUT2D eigenvalue weighted by Gasteiger charge is 2.17. The zero-order valence-electron chi connectivity index (χ0n) is 13.3. The fourth-order valence-corrected chi connectivity index (χ4v) is 2.69. The van der Waals surface area contributed by atoms with Crippen molar-refractivity contribution in [2.45, 2.75) is 12.8 Å². The van der Waals surface area contributed by atoms with Crippen molar-refractivity contribution in [3.05, 3.63) is 72.9 Å². The highest BCUT2D eigenvalue weighted by atomic mass is 16.2. The molecule has 2 aliphatic carbocycles. The Bertz CT molecular complexity index is 685. The molecule has 0 aromatic heterocycles. The number of amides is 2. The highest BCUT2D eigenvalue weighted by molar-refractivity contribution is 5.97. The van der Waals surface area contributed by atoms with Crippen LogP contribution in [0.4, 0.5) is 11.4 Å². The van der Waals surface area contributed by atoms with Gasteiger partial charge in [-0.15, -0.1) is 0 Å². The van der Waals surface area contributed by atoms with E-state index in [2.05, 4.69) is 10.6 Å². The summed E-state index contributed by atoms with van der Waals surface area (Å²) < 4.78 is 0. The summed E-state index contributed by atoms with van der Waals surface area (Å²) in [4.78, 5) is 24.5. The minimum absolute atomic E-state index is 0.0422. The lowest BCUT2D eigenvalue weighted by Gasteiger charge is -2.15. The molecule has 0 saturated carbocycles. The molecule has 2 amide bonds. The lowest BCUT2D eigenvalue weighted by Crippen LogP contribution is -2.23. The van der Waals surface area contributed by atoms with Gasteiger partial charge in [0.1, 0.15) is 0 Å². The van der Waals surface area contributed by atoms with Gasteiger partial charge in [-0.1, -0.05) is 54.7 Å². The third-order valence-electron chi connectivity index (χ3n) is 4.03. The van der Waals surface area contributed by atoms with Crippen LogP contribution in [0.15, 0.2) is 72.9 Å². The van der Waals surface area contributed by atoms with Crippen molar-refractivity contribution < 1.29 is 9.59 Å². The van der Waals surface area contributed by atoms with Crippen LogP contribution in [0.25, 0.3) is 0 Å². The predicted molar refractivity (Wildman–Crippen MR) is 96.5 cm³/mol. The molecule has 0 fully saturated rings. The van der Waals surface area contributed by atoms with Gasteiger partial charge in [0.05, 0.1) is 11.8 Å². The van der Waals surface area contributed by atoms with Crippen molar-refractivity contribution in [3.8, 4) is 0 Å². The molecule has 3 rings (SSSR count). The molecular weight excluding hydrogens is 300 g/mol. The van der Waals surface area contributed by atoms with E-state index in [4.69, 9.17) is 0 Å². The lowest BCUT2D eigenvalue weighted by atomic mass is 9.99. The van der Waals surface area contributed by atoms with Crippen LogP contribution in [-0.4, -0.2) is 11.8 Å². The van der Waals surface area contributed by atoms with Gasteiger partial charge in [-0.2, -0.15) is 0 Å². The summed E-state index contributed by atoms with van der Waals surface area (Å²) in [6.45, 7) is 0. The van der Waals surface area contributed by atoms with E-state index in [0.29, 0.717) is 24.2 Å². The number of hydrogen-bond donors (Lipinski definition) is 2. The normalized spacial score (nSPS) is 21.5. The van der Waals surface area contributed by atoms with Crippen LogP contribution in [-0.2, 0) is 9.59 Å². The molecule has 4 heteroatoms. The molecule has 122 valence electrons. The van der Waals surface area contributed by atoms with Gasteiger partial charge in [-0.3, -0.25) is 9.59 Å². The van der Waals surface area contributed by atoms with Crippen molar-refractivity contribution in [2.75, 3.05) is 10.6 Å². The first kappa shape index (κ1) is 16.0. The Labute approximate surface area is 141 Å². The Morgan fingerprint density at radius 1 is 0.792 bits per heavy atom. The van der Waals surface area contributed by atoms with Gasteiger partial charge in [0.15, 0.2) is 0 Å². The number of nitrogens with one attached hydrogen (secondary N) is 2. The monoisotopic (exact) mass is 320 g/mol. The molecule has 0 aliphatic heterocycles. The molecule has 2 N–H and O–H groups in total. The summed E-state index contributed by atoms with van der Waals surface area (Å²) >= 11 is 0. The van der Waals surface area contributed by atoms with Crippen molar-refractivity contribution in [3.63, 3.8) is 0 Å². The second-order valence-electron chi connectivity index (χ2n) is 5.87. The van der Waals surface area contributed by atoms with E-state index in [1.54, 1.807) is 6.07 Å². The molecule has 0 radical (unpaired) electrons. The second kappa shape index (κ2) is 7.59. The van der Waals surface area contributed by atoms with Crippen LogP contribution in [0.3, 0.4) is 0 Å². The number of benzene rings is 1. The summed E-state index contributed by atoms with van der Waals surface area (Å²) in [5.41, 5.74) is 1.36. The van der Waals surface area contributed by atoms with Gasteiger partial charge in [-0.25, -0.2) is 0 Å². The molecule has 0 spiro atoms. The molecule has 1 aromatic carbocycles. The minimum Gasteiger partial charge on any atom is -0.325 e. The topological polar surface area (TPSA) is 58.2 Å². The Balaban J connectivity index is 1.61. The van der Waals surface area contributed by atoms with Gasteiger partial charge in [0, 0.05) is 11.4 Å². The van der Waals surface area contributed by atoms with Crippen LogP contribution in [0.2, 0.25) is 0 Å². The SMILES string of the molecule is O=C(Nc1cccc(NC(=O)C2C=CC=CC2)c1)C1C=CC=CC1. The molecule has 2 atom stereocenters. The van der Waals surface area contributed by atoms with Crippen LogP contribution in [0.1, 0.15) is 12.8 Å². The lowest BCUT2D eigenvalue weighted by molar-refractivity contribution is -0.119. The van der Waals surface area contributed by atoms with Gasteiger partial charge < -0.3 is 10.6 Å². The largest absolute Gasteiger partial charge is 0.325 e. The predicted octanol–water partition coefficient (Wildman–Crippen LogP) is 3.83. The van der Waals surface area contributed by atoms with E-state index in [1.807, 2.05) is 66.8 Å². The first-order valence-corrected chi connectivity index (χ1v) is 8.11. The van der Waals surface area contributed by atoms with E-state index in [1.165, 1.54) is 0 Å². The minimum atomic E-state index is -0.146. The Morgan fingerprint density at radius 2 is 1.29 bits per heavy atom. The second-order valence-corrected chi connectivity index (χ2v) is 5.87. The fourth-order valence-electron chi connectivity index (χ4n) is 2.69. The summed E-state index contributed by atoms with van der Waals surface area (Å²) in [6, 6.07) is 7.23. The molecule has 0 heterocycles. The Kier molecular flexibility index (Phi) is 5.06. The summed E-state index contributed by atoms with van der Waals surface area (Å²) in [7, 11) is 0. The summed E-state index contributed by atoms with van der Waals surface area (Å²) in [5, 5.41) is 5.81. The van der Waals surface area contributed by atoms with E-state index < -0.39 is 0 Å². The number of carbonyl (C=O) groups excluding carboxylic acids is 2. The third-order valence-corrected chi connectivity index (χ3v) is 4.03. The number of hydrogen-bond acceptors (Lipinski definition) is 2. The van der Waals surface area contributed by atoms with E-state index >= 15 is 0 Å². The smallest absolute Gasteiger partial charge is 0.231 e. The van der Waals surface area contributed by atoms with Crippen LogP contribution >= 0.6 is 0 Å². The molecule has 1 aromatic rings.